The first-order valence-corrected chi connectivity index (χ1v) is 13.4. The molecule has 6 nitrogen and oxygen atoms in total. The lowest BCUT2D eigenvalue weighted by atomic mass is 10.1. The van der Waals surface area contributed by atoms with Gasteiger partial charge in [-0.05, 0) is 73.4 Å². The van der Waals surface area contributed by atoms with Crippen LogP contribution in [0.4, 0.5) is 24.5 Å². The molecule has 0 saturated carbocycles. The molecule has 3 aromatic rings. The number of aryl methyl sites for hydroxylation is 2. The van der Waals surface area contributed by atoms with E-state index in [9.17, 15) is 26.4 Å². The van der Waals surface area contributed by atoms with Crippen molar-refractivity contribution in [3.63, 3.8) is 0 Å². The molecule has 0 aliphatic heterocycles. The average molecular weight is 534 g/mol. The lowest BCUT2D eigenvalue weighted by Gasteiger charge is -2.13. The zero-order chi connectivity index (χ0) is 27.1. The van der Waals surface area contributed by atoms with E-state index >= 15 is 0 Å². The van der Waals surface area contributed by atoms with Crippen LogP contribution in [0.15, 0.2) is 71.6 Å². The molecule has 0 unspecified atom stereocenters. The number of halogens is 3. The molecular formula is C27H30F3N3O3S. The third-order valence-electron chi connectivity index (χ3n) is 5.72. The molecule has 0 bridgehead atoms. The summed E-state index contributed by atoms with van der Waals surface area (Å²) in [4.78, 5) is 12.7. The van der Waals surface area contributed by atoms with Crippen molar-refractivity contribution < 1.29 is 26.4 Å². The van der Waals surface area contributed by atoms with Crippen molar-refractivity contribution in [1.29, 1.82) is 0 Å². The van der Waals surface area contributed by atoms with E-state index < -0.39 is 27.7 Å². The molecule has 3 rings (SSSR count). The van der Waals surface area contributed by atoms with Crippen molar-refractivity contribution >= 4 is 27.3 Å². The minimum Gasteiger partial charge on any atom is -0.383 e. The minimum atomic E-state index is -4.44. The van der Waals surface area contributed by atoms with Crippen molar-refractivity contribution in [3.8, 4) is 0 Å². The quantitative estimate of drug-likeness (QED) is 0.264. The largest absolute Gasteiger partial charge is 0.416 e. The molecule has 0 spiro atoms. The Balaban J connectivity index is 1.61. The first kappa shape index (κ1) is 28.0. The molecule has 0 fully saturated rings. The van der Waals surface area contributed by atoms with Crippen LogP contribution in [0.3, 0.4) is 0 Å². The number of rotatable bonds is 11. The zero-order valence-corrected chi connectivity index (χ0v) is 21.5. The lowest BCUT2D eigenvalue weighted by molar-refractivity contribution is -0.137. The molecule has 198 valence electrons. The number of carbonyl (C=O) groups is 1. The SMILES string of the molecule is CCCCc1ccc(NS(=O)(=O)c2ccc(C)c(C(=O)NCCNc3cccc(C(F)(F)F)c3)c2)cc1. The average Bonchev–Trinajstić information content (AvgIpc) is 2.85. The smallest absolute Gasteiger partial charge is 0.383 e. The fourth-order valence-corrected chi connectivity index (χ4v) is 4.72. The van der Waals surface area contributed by atoms with E-state index in [0.717, 1.165) is 37.0 Å². The van der Waals surface area contributed by atoms with Gasteiger partial charge in [0.25, 0.3) is 15.9 Å². The second-order valence-electron chi connectivity index (χ2n) is 8.64. The normalized spacial score (nSPS) is 11.7. The number of benzene rings is 3. The van der Waals surface area contributed by atoms with Gasteiger partial charge in [-0.1, -0.05) is 37.6 Å². The first-order valence-electron chi connectivity index (χ1n) is 11.9. The van der Waals surface area contributed by atoms with Crippen molar-refractivity contribution in [1.82, 2.24) is 5.32 Å². The van der Waals surface area contributed by atoms with E-state index in [0.29, 0.717) is 11.3 Å². The van der Waals surface area contributed by atoms with Crippen molar-refractivity contribution in [3.05, 3.63) is 89.0 Å². The van der Waals surface area contributed by atoms with Gasteiger partial charge in [-0.2, -0.15) is 13.2 Å². The van der Waals surface area contributed by atoms with E-state index in [-0.39, 0.29) is 29.2 Å². The fourth-order valence-electron chi connectivity index (χ4n) is 3.63. The van der Waals surface area contributed by atoms with Gasteiger partial charge in [0.05, 0.1) is 10.5 Å². The third kappa shape index (κ3) is 7.98. The fraction of sp³-hybridized carbons (Fsp3) is 0.296. The van der Waals surface area contributed by atoms with E-state index in [1.165, 1.54) is 24.3 Å². The maximum atomic E-state index is 12.9. The number of nitrogens with one attached hydrogen (secondary N) is 3. The van der Waals surface area contributed by atoms with Gasteiger partial charge in [-0.15, -0.1) is 0 Å². The van der Waals surface area contributed by atoms with Crippen LogP contribution in [0.2, 0.25) is 0 Å². The molecule has 0 heterocycles. The highest BCUT2D eigenvalue weighted by molar-refractivity contribution is 7.92. The highest BCUT2D eigenvalue weighted by Gasteiger charge is 2.30. The number of hydrogen-bond acceptors (Lipinski definition) is 4. The Labute approximate surface area is 215 Å². The summed E-state index contributed by atoms with van der Waals surface area (Å²) in [6.45, 7) is 4.10. The first-order chi connectivity index (χ1) is 17.5. The molecule has 0 aliphatic rings. The van der Waals surface area contributed by atoms with Crippen molar-refractivity contribution in [2.75, 3.05) is 23.1 Å². The molecule has 10 heteroatoms. The Bertz CT molecular complexity index is 1320. The van der Waals surface area contributed by atoms with Crippen LogP contribution in [0, 0.1) is 6.92 Å². The molecule has 1 amide bonds. The van der Waals surface area contributed by atoms with Gasteiger partial charge in [0.1, 0.15) is 0 Å². The summed E-state index contributed by atoms with van der Waals surface area (Å²) < 4.78 is 66.9. The second kappa shape index (κ2) is 12.1. The summed E-state index contributed by atoms with van der Waals surface area (Å²) in [6.07, 6.45) is -1.39. The second-order valence-corrected chi connectivity index (χ2v) is 10.3. The molecule has 3 aromatic carbocycles. The number of amides is 1. The van der Waals surface area contributed by atoms with E-state index in [2.05, 4.69) is 22.3 Å². The Kier molecular flexibility index (Phi) is 9.20. The Hall–Kier alpha value is -3.53. The zero-order valence-electron chi connectivity index (χ0n) is 20.7. The van der Waals surface area contributed by atoms with Gasteiger partial charge in [0, 0.05) is 30.0 Å². The Morgan fingerprint density at radius 2 is 1.65 bits per heavy atom. The topological polar surface area (TPSA) is 87.3 Å². The molecular weight excluding hydrogens is 503 g/mol. The molecule has 37 heavy (non-hydrogen) atoms. The molecule has 0 radical (unpaired) electrons. The summed E-state index contributed by atoms with van der Waals surface area (Å²) in [6, 6.07) is 16.3. The molecule has 0 atom stereocenters. The Morgan fingerprint density at radius 1 is 0.919 bits per heavy atom. The number of unbranched alkanes of at least 4 members (excludes halogenated alkanes) is 1. The van der Waals surface area contributed by atoms with Crippen LogP contribution in [0.5, 0.6) is 0 Å². The molecule has 3 N–H and O–H groups in total. The molecule has 0 aromatic heterocycles. The maximum Gasteiger partial charge on any atom is 0.416 e. The summed E-state index contributed by atoms with van der Waals surface area (Å²) in [7, 11) is -3.93. The number of alkyl halides is 3. The van der Waals surface area contributed by atoms with Gasteiger partial charge in [0.15, 0.2) is 0 Å². The summed E-state index contributed by atoms with van der Waals surface area (Å²) in [5.74, 6) is -0.485. The summed E-state index contributed by atoms with van der Waals surface area (Å²) >= 11 is 0. The third-order valence-corrected chi connectivity index (χ3v) is 7.10. The van der Waals surface area contributed by atoms with Crippen molar-refractivity contribution in [2.24, 2.45) is 0 Å². The van der Waals surface area contributed by atoms with Crippen molar-refractivity contribution in [2.45, 2.75) is 44.2 Å². The highest BCUT2D eigenvalue weighted by atomic mass is 32.2. The van der Waals surface area contributed by atoms with Crippen LogP contribution in [-0.4, -0.2) is 27.4 Å². The predicted octanol–water partition coefficient (Wildman–Crippen LogP) is 6.00. The number of hydrogen-bond donors (Lipinski definition) is 3. The number of anilines is 2. The number of sulfonamides is 1. The van der Waals surface area contributed by atoms with E-state index in [4.69, 9.17) is 0 Å². The van der Waals surface area contributed by atoms with Crippen LogP contribution >= 0.6 is 0 Å². The summed E-state index contributed by atoms with van der Waals surface area (Å²) in [5, 5.41) is 5.50. The van der Waals surface area contributed by atoms with Gasteiger partial charge in [-0.25, -0.2) is 8.42 Å². The van der Waals surface area contributed by atoms with Crippen LogP contribution in [0.1, 0.15) is 46.8 Å². The number of carbonyl (C=O) groups excluding carboxylic acids is 1. The van der Waals surface area contributed by atoms with Crippen LogP contribution in [0.25, 0.3) is 0 Å². The van der Waals surface area contributed by atoms with E-state index in [1.54, 1.807) is 25.1 Å². The van der Waals surface area contributed by atoms with Crippen LogP contribution < -0.4 is 15.4 Å². The van der Waals surface area contributed by atoms with Gasteiger partial charge >= 0.3 is 6.18 Å². The molecule has 0 aliphatic carbocycles. The van der Waals surface area contributed by atoms with Gasteiger partial charge in [0.2, 0.25) is 0 Å². The monoisotopic (exact) mass is 533 g/mol. The minimum absolute atomic E-state index is 0.0552. The molecule has 0 saturated heterocycles. The maximum absolute atomic E-state index is 12.9. The Morgan fingerprint density at radius 3 is 2.32 bits per heavy atom. The van der Waals surface area contributed by atoms with Gasteiger partial charge in [-0.3, -0.25) is 9.52 Å². The van der Waals surface area contributed by atoms with E-state index in [1.807, 2.05) is 12.1 Å². The summed E-state index contributed by atoms with van der Waals surface area (Å²) in [5.41, 5.74) is 1.84. The predicted molar refractivity (Wildman–Crippen MR) is 139 cm³/mol. The van der Waals surface area contributed by atoms with Crippen LogP contribution in [-0.2, 0) is 22.6 Å². The van der Waals surface area contributed by atoms with Gasteiger partial charge < -0.3 is 10.6 Å². The lowest BCUT2D eigenvalue weighted by Crippen LogP contribution is -2.29. The standard InChI is InChI=1S/C27H30F3N3O3S/c1-3-4-6-20-10-12-22(13-11-20)33-37(35,36)24-14-9-19(2)25(18-24)26(34)32-16-15-31-23-8-5-7-21(17-23)27(28,29)30/h5,7-14,17-18,31,33H,3-4,6,15-16H2,1-2H3,(H,32,34). The highest BCUT2D eigenvalue weighted by Crippen LogP contribution is 2.30.